The van der Waals surface area contributed by atoms with Crippen molar-refractivity contribution in [1.29, 1.82) is 0 Å². The zero-order valence-electron chi connectivity index (χ0n) is 11.1. The van der Waals surface area contributed by atoms with Crippen LogP contribution in [0, 0.1) is 0 Å². The fourth-order valence-corrected chi connectivity index (χ4v) is 2.03. The molecule has 0 radical (unpaired) electrons. The minimum atomic E-state index is -0.753. The molecule has 0 aliphatic rings. The summed E-state index contributed by atoms with van der Waals surface area (Å²) in [5.74, 6) is -0.00178. The second-order valence-corrected chi connectivity index (χ2v) is 4.71. The van der Waals surface area contributed by atoms with Crippen LogP contribution in [0.5, 0.6) is 0 Å². The number of aromatic nitrogens is 3. The third-order valence-electron chi connectivity index (χ3n) is 3.05. The summed E-state index contributed by atoms with van der Waals surface area (Å²) in [6, 6.07) is 2.09. The summed E-state index contributed by atoms with van der Waals surface area (Å²) < 4.78 is 1.94. The lowest BCUT2D eigenvalue weighted by Crippen LogP contribution is -2.16. The van der Waals surface area contributed by atoms with Crippen LogP contribution in [0.3, 0.4) is 0 Å². The molecule has 6 nitrogen and oxygen atoms in total. The van der Waals surface area contributed by atoms with Crippen LogP contribution in [0.2, 0.25) is 0 Å². The molecule has 0 aliphatic carbocycles. The number of carboxylic acids is 1. The summed E-state index contributed by atoms with van der Waals surface area (Å²) in [5.41, 5.74) is 1.87. The van der Waals surface area contributed by atoms with Gasteiger partial charge < -0.3 is 15.0 Å². The van der Waals surface area contributed by atoms with Crippen molar-refractivity contribution in [2.75, 3.05) is 5.32 Å². The van der Waals surface area contributed by atoms with Crippen molar-refractivity contribution >= 4 is 22.8 Å². The fourth-order valence-electron chi connectivity index (χ4n) is 2.03. The fraction of sp³-hybridized carbons (Fsp3) is 0.462. The Morgan fingerprint density at radius 2 is 2.32 bits per heavy atom. The molecule has 0 saturated carbocycles. The summed E-state index contributed by atoms with van der Waals surface area (Å²) in [6.07, 6.45) is 5.15. The van der Waals surface area contributed by atoms with E-state index in [4.69, 9.17) is 5.11 Å². The summed E-state index contributed by atoms with van der Waals surface area (Å²) in [5, 5.41) is 11.9. The van der Waals surface area contributed by atoms with Crippen LogP contribution in [-0.4, -0.2) is 31.7 Å². The maximum atomic E-state index is 10.5. The van der Waals surface area contributed by atoms with E-state index in [2.05, 4.69) is 15.3 Å². The first kappa shape index (κ1) is 13.3. The summed E-state index contributed by atoms with van der Waals surface area (Å²) in [7, 11) is 1.94. The van der Waals surface area contributed by atoms with Crippen molar-refractivity contribution in [3.8, 4) is 0 Å². The van der Waals surface area contributed by atoms with Crippen LogP contribution >= 0.6 is 0 Å². The molecular formula is C13H18N4O2. The van der Waals surface area contributed by atoms with Gasteiger partial charge >= 0.3 is 5.97 Å². The molecule has 19 heavy (non-hydrogen) atoms. The normalized spacial score (nSPS) is 12.5. The van der Waals surface area contributed by atoms with Gasteiger partial charge in [-0.3, -0.25) is 4.79 Å². The average molecular weight is 262 g/mol. The number of hydrogen-bond acceptors (Lipinski definition) is 4. The van der Waals surface area contributed by atoms with Crippen LogP contribution in [0.4, 0.5) is 5.82 Å². The van der Waals surface area contributed by atoms with Gasteiger partial charge in [0.15, 0.2) is 5.82 Å². The van der Waals surface area contributed by atoms with Gasteiger partial charge in [0.2, 0.25) is 0 Å². The predicted molar refractivity (Wildman–Crippen MR) is 73.1 cm³/mol. The van der Waals surface area contributed by atoms with Crippen molar-refractivity contribution in [3.63, 3.8) is 0 Å². The van der Waals surface area contributed by atoms with Gasteiger partial charge in [-0.05, 0) is 25.8 Å². The molecule has 0 saturated heterocycles. The Bertz CT molecular complexity index is 579. The van der Waals surface area contributed by atoms with Crippen molar-refractivity contribution in [2.45, 2.75) is 32.2 Å². The molecule has 0 amide bonds. The third kappa shape index (κ3) is 3.21. The lowest BCUT2D eigenvalue weighted by molar-refractivity contribution is -0.137. The van der Waals surface area contributed by atoms with Gasteiger partial charge in [-0.25, -0.2) is 9.97 Å². The molecule has 2 aromatic rings. The number of anilines is 1. The van der Waals surface area contributed by atoms with Crippen LogP contribution in [-0.2, 0) is 11.8 Å². The first-order valence-corrected chi connectivity index (χ1v) is 6.32. The number of carbonyl (C=O) groups is 1. The Labute approximate surface area is 111 Å². The number of rotatable bonds is 6. The number of nitrogens with one attached hydrogen (secondary N) is 1. The van der Waals surface area contributed by atoms with Gasteiger partial charge in [0, 0.05) is 25.7 Å². The number of imidazole rings is 1. The van der Waals surface area contributed by atoms with E-state index >= 15 is 0 Å². The van der Waals surface area contributed by atoms with E-state index in [0.717, 1.165) is 23.3 Å². The molecule has 2 aromatic heterocycles. The highest BCUT2D eigenvalue weighted by Crippen LogP contribution is 2.20. The highest BCUT2D eigenvalue weighted by atomic mass is 16.4. The van der Waals surface area contributed by atoms with E-state index in [1.54, 1.807) is 12.5 Å². The predicted octanol–water partition coefficient (Wildman–Crippen LogP) is 2.02. The number of carboxylic acid groups (broad SMARTS) is 1. The molecule has 2 heterocycles. The van der Waals surface area contributed by atoms with Crippen molar-refractivity contribution in [2.24, 2.45) is 7.05 Å². The van der Waals surface area contributed by atoms with Crippen molar-refractivity contribution in [3.05, 3.63) is 18.6 Å². The number of aryl methyl sites for hydroxylation is 1. The van der Waals surface area contributed by atoms with Crippen LogP contribution in [0.25, 0.3) is 11.0 Å². The molecule has 0 fully saturated rings. The molecule has 2 N–H and O–H groups in total. The van der Waals surface area contributed by atoms with E-state index in [0.29, 0.717) is 6.42 Å². The topological polar surface area (TPSA) is 80.0 Å². The zero-order valence-corrected chi connectivity index (χ0v) is 11.1. The molecule has 0 aromatic carbocycles. The Morgan fingerprint density at radius 1 is 1.53 bits per heavy atom. The number of aliphatic carboxylic acids is 1. The molecule has 1 unspecified atom stereocenters. The van der Waals surface area contributed by atoms with E-state index in [1.807, 2.05) is 24.6 Å². The average Bonchev–Trinajstić information content (AvgIpc) is 2.72. The van der Waals surface area contributed by atoms with Gasteiger partial charge in [0.25, 0.3) is 0 Å². The number of pyridine rings is 1. The minimum absolute atomic E-state index is 0.166. The van der Waals surface area contributed by atoms with Gasteiger partial charge in [0.05, 0.1) is 11.8 Å². The van der Waals surface area contributed by atoms with Crippen LogP contribution < -0.4 is 5.32 Å². The number of hydrogen-bond donors (Lipinski definition) is 2. The van der Waals surface area contributed by atoms with E-state index in [9.17, 15) is 4.79 Å². The maximum Gasteiger partial charge on any atom is 0.303 e. The monoisotopic (exact) mass is 262 g/mol. The van der Waals surface area contributed by atoms with E-state index < -0.39 is 5.97 Å². The van der Waals surface area contributed by atoms with Gasteiger partial charge in [-0.15, -0.1) is 0 Å². The van der Waals surface area contributed by atoms with Gasteiger partial charge in [-0.1, -0.05) is 0 Å². The first-order valence-electron chi connectivity index (χ1n) is 6.32. The second kappa shape index (κ2) is 5.69. The summed E-state index contributed by atoms with van der Waals surface area (Å²) >= 11 is 0. The largest absolute Gasteiger partial charge is 0.481 e. The standard InChI is InChI=1S/C13H18N4O2/c1-9(4-3-5-11(18)19)16-13-12-10(6-7-14-13)17(2)8-15-12/h6-9H,3-5H2,1-2H3,(H,14,16)(H,18,19). The molecule has 0 bridgehead atoms. The summed E-state index contributed by atoms with van der Waals surface area (Å²) in [6.45, 7) is 2.02. The lowest BCUT2D eigenvalue weighted by Gasteiger charge is -2.14. The molecule has 2 rings (SSSR count). The maximum absolute atomic E-state index is 10.5. The van der Waals surface area contributed by atoms with Gasteiger partial charge in [-0.2, -0.15) is 0 Å². The first-order chi connectivity index (χ1) is 9.08. The Balaban J connectivity index is 2.02. The molecule has 102 valence electrons. The Morgan fingerprint density at radius 3 is 3.05 bits per heavy atom. The van der Waals surface area contributed by atoms with Crippen LogP contribution in [0.15, 0.2) is 18.6 Å². The Hall–Kier alpha value is -2.11. The molecule has 6 heteroatoms. The molecule has 1 atom stereocenters. The quantitative estimate of drug-likeness (QED) is 0.832. The highest BCUT2D eigenvalue weighted by molar-refractivity contribution is 5.85. The van der Waals surface area contributed by atoms with E-state index in [1.165, 1.54) is 0 Å². The highest BCUT2D eigenvalue weighted by Gasteiger charge is 2.10. The molecule has 0 spiro atoms. The Kier molecular flexibility index (Phi) is 3.99. The lowest BCUT2D eigenvalue weighted by atomic mass is 10.1. The van der Waals surface area contributed by atoms with Crippen LogP contribution in [0.1, 0.15) is 26.2 Å². The second-order valence-electron chi connectivity index (χ2n) is 4.71. The van der Waals surface area contributed by atoms with Crippen molar-refractivity contribution < 1.29 is 9.90 Å². The zero-order chi connectivity index (χ0) is 13.8. The smallest absolute Gasteiger partial charge is 0.303 e. The number of nitrogens with zero attached hydrogens (tertiary/aromatic N) is 3. The molecule has 0 aliphatic heterocycles. The third-order valence-corrected chi connectivity index (χ3v) is 3.05. The van der Waals surface area contributed by atoms with Crippen molar-refractivity contribution in [1.82, 2.24) is 14.5 Å². The SMILES string of the molecule is CC(CCCC(=O)O)Nc1nccc2c1ncn2C. The molecular weight excluding hydrogens is 244 g/mol. The van der Waals surface area contributed by atoms with E-state index in [-0.39, 0.29) is 12.5 Å². The summed E-state index contributed by atoms with van der Waals surface area (Å²) in [4.78, 5) is 19.1. The van der Waals surface area contributed by atoms with Gasteiger partial charge in [0.1, 0.15) is 5.52 Å². The number of fused-ring (bicyclic) bond motifs is 1. The minimum Gasteiger partial charge on any atom is -0.481 e.